The Labute approximate surface area is 436 Å². The average Bonchev–Trinajstić information content (AvgIpc) is 3.94. The molecule has 2 heterocycles. The summed E-state index contributed by atoms with van der Waals surface area (Å²) in [5, 5.41) is 4.00. The van der Waals surface area contributed by atoms with Crippen molar-refractivity contribution in [2.75, 3.05) is 14.7 Å². The van der Waals surface area contributed by atoms with E-state index in [-0.39, 0.29) is 21.7 Å². The van der Waals surface area contributed by atoms with Crippen LogP contribution < -0.4 is 14.7 Å². The molecule has 0 atom stereocenters. The Balaban J connectivity index is 1.26. The second-order valence-corrected chi connectivity index (χ2v) is 24.8. The molecular formula is C66H66ClN3OS. The van der Waals surface area contributed by atoms with E-state index in [2.05, 4.69) is 262 Å². The molecule has 0 spiro atoms. The maximum atomic E-state index is 8.13. The number of furan rings is 1. The molecule has 364 valence electrons. The molecule has 0 aliphatic rings. The second kappa shape index (κ2) is 18.4. The van der Waals surface area contributed by atoms with E-state index in [0.717, 1.165) is 62.2 Å². The molecular weight excluding hydrogens is 918 g/mol. The summed E-state index contributed by atoms with van der Waals surface area (Å²) in [4.78, 5) is 7.05. The fourth-order valence-electron chi connectivity index (χ4n) is 9.78. The molecule has 0 aliphatic carbocycles. The van der Waals surface area contributed by atoms with E-state index in [0.29, 0.717) is 5.02 Å². The van der Waals surface area contributed by atoms with Gasteiger partial charge in [0.2, 0.25) is 0 Å². The lowest BCUT2D eigenvalue weighted by Crippen LogP contribution is -2.17. The first-order valence-corrected chi connectivity index (χ1v) is 26.4. The third-order valence-corrected chi connectivity index (χ3v) is 15.6. The minimum atomic E-state index is -0.0401. The van der Waals surface area contributed by atoms with E-state index < -0.39 is 0 Å². The molecule has 72 heavy (non-hydrogen) atoms. The van der Waals surface area contributed by atoms with Gasteiger partial charge in [0.15, 0.2) is 0 Å². The molecule has 0 saturated carbocycles. The maximum absolute atomic E-state index is 8.13. The van der Waals surface area contributed by atoms with Crippen LogP contribution in [0.4, 0.5) is 51.2 Å². The summed E-state index contributed by atoms with van der Waals surface area (Å²) in [5.74, 6) is 0. The number of thiophene rings is 1. The van der Waals surface area contributed by atoms with Gasteiger partial charge in [-0.15, -0.1) is 11.3 Å². The normalized spacial score (nSPS) is 12.5. The summed E-state index contributed by atoms with van der Waals surface area (Å²) in [6.07, 6.45) is 1.86. The number of benzene rings is 8. The minimum Gasteiger partial charge on any atom is -0.462 e. The standard InChI is InChI=1S/C66H66ClN3OS/c1-63(2,3)43-24-32-47(33-25-43)68(48-34-26-44(27-35-48)64(4,5)6)51-40-54-52-18-14-16-23-60(52)72-62(54)57(41-51)69(49-36-28-45(29-37-49)65(7,8)9)55-20-17-21-56(61(55)67)70(50-38-30-46(31-39-50)66(10,11)12)58-42-71-59-22-15-13-19-53(58)59/h13-42H,1-12H3. The zero-order valence-electron chi connectivity index (χ0n) is 43.9. The smallest absolute Gasteiger partial charge is 0.136 e. The summed E-state index contributed by atoms with van der Waals surface area (Å²) >= 11 is 9.95. The number of hydrogen-bond donors (Lipinski definition) is 0. The molecule has 0 bridgehead atoms. The number of fused-ring (bicyclic) bond motifs is 4. The monoisotopic (exact) mass is 983 g/mol. The van der Waals surface area contributed by atoms with Crippen LogP contribution in [0.25, 0.3) is 31.1 Å². The summed E-state index contributed by atoms with van der Waals surface area (Å²) in [6.45, 7) is 27.2. The highest BCUT2D eigenvalue weighted by Gasteiger charge is 2.29. The van der Waals surface area contributed by atoms with Crippen LogP contribution in [0.2, 0.25) is 5.02 Å². The summed E-state index contributed by atoms with van der Waals surface area (Å²) in [7, 11) is 0. The van der Waals surface area contributed by atoms with Gasteiger partial charge >= 0.3 is 0 Å². The van der Waals surface area contributed by atoms with Gasteiger partial charge in [0.1, 0.15) is 11.8 Å². The Hall–Kier alpha value is -6.79. The molecule has 6 heteroatoms. The van der Waals surface area contributed by atoms with Gasteiger partial charge in [0.05, 0.1) is 32.5 Å². The number of hydrogen-bond acceptors (Lipinski definition) is 5. The SMILES string of the molecule is CC(C)(C)c1ccc(N(c2ccc(C(C)(C)C)cc2)c2cc(N(c3ccc(C(C)(C)C)cc3)c3cccc(N(c4ccc(C(C)(C)C)cc4)c4coc5ccccc45)c3Cl)c3sc4ccccc4c3c2)cc1. The van der Waals surface area contributed by atoms with Gasteiger partial charge in [0.25, 0.3) is 0 Å². The molecule has 0 aliphatic heterocycles. The van der Waals surface area contributed by atoms with E-state index in [1.807, 2.05) is 29.7 Å². The first-order valence-electron chi connectivity index (χ1n) is 25.2. The topological polar surface area (TPSA) is 22.9 Å². The van der Waals surface area contributed by atoms with Crippen molar-refractivity contribution >= 4 is 105 Å². The first-order chi connectivity index (χ1) is 34.1. The van der Waals surface area contributed by atoms with Crippen LogP contribution in [0.3, 0.4) is 0 Å². The van der Waals surface area contributed by atoms with Crippen molar-refractivity contribution < 1.29 is 4.42 Å². The zero-order valence-corrected chi connectivity index (χ0v) is 45.4. The third-order valence-electron chi connectivity index (χ3n) is 14.0. The number of para-hydroxylation sites is 1. The Morgan fingerprint density at radius 3 is 1.22 bits per heavy atom. The van der Waals surface area contributed by atoms with Gasteiger partial charge in [-0.25, -0.2) is 0 Å². The summed E-state index contributed by atoms with van der Waals surface area (Å²) in [6, 6.07) is 64.4. The molecule has 0 N–H and O–H groups in total. The molecule has 8 aromatic carbocycles. The second-order valence-electron chi connectivity index (χ2n) is 23.4. The molecule has 0 radical (unpaired) electrons. The summed E-state index contributed by atoms with van der Waals surface area (Å²) in [5.41, 5.74) is 14.7. The Kier molecular flexibility index (Phi) is 12.4. The van der Waals surface area contributed by atoms with E-state index >= 15 is 0 Å². The highest BCUT2D eigenvalue weighted by Crippen LogP contribution is 2.53. The number of nitrogens with zero attached hydrogens (tertiary/aromatic N) is 3. The third kappa shape index (κ3) is 9.30. The molecule has 0 unspecified atom stereocenters. The van der Waals surface area contributed by atoms with Crippen LogP contribution in [0.1, 0.15) is 105 Å². The largest absolute Gasteiger partial charge is 0.462 e. The number of anilines is 9. The molecule has 10 aromatic rings. The highest BCUT2D eigenvalue weighted by molar-refractivity contribution is 7.26. The van der Waals surface area contributed by atoms with E-state index in [4.69, 9.17) is 16.0 Å². The average molecular weight is 985 g/mol. The van der Waals surface area contributed by atoms with Crippen molar-refractivity contribution in [1.29, 1.82) is 0 Å². The molecule has 2 aromatic heterocycles. The lowest BCUT2D eigenvalue weighted by Gasteiger charge is -2.33. The molecule has 0 amide bonds. The van der Waals surface area contributed by atoms with Crippen molar-refractivity contribution in [3.8, 4) is 0 Å². The van der Waals surface area contributed by atoms with Crippen LogP contribution in [-0.2, 0) is 21.7 Å². The Bertz CT molecular complexity index is 3500. The van der Waals surface area contributed by atoms with Crippen molar-refractivity contribution in [3.05, 3.63) is 209 Å². The van der Waals surface area contributed by atoms with Gasteiger partial charge in [-0.05, 0) is 135 Å². The predicted molar refractivity (Wildman–Crippen MR) is 313 cm³/mol. The first kappa shape index (κ1) is 48.8. The van der Waals surface area contributed by atoms with Crippen molar-refractivity contribution in [2.45, 2.75) is 105 Å². The van der Waals surface area contributed by atoms with Crippen LogP contribution in [0, 0.1) is 0 Å². The zero-order chi connectivity index (χ0) is 50.9. The van der Waals surface area contributed by atoms with Crippen molar-refractivity contribution in [3.63, 3.8) is 0 Å². The van der Waals surface area contributed by atoms with Gasteiger partial charge in [-0.1, -0.05) is 180 Å². The Morgan fingerprint density at radius 2 is 0.764 bits per heavy atom. The predicted octanol–water partition coefficient (Wildman–Crippen LogP) is 21.1. The lowest BCUT2D eigenvalue weighted by molar-refractivity contribution is 0.590. The van der Waals surface area contributed by atoms with Crippen LogP contribution >= 0.6 is 22.9 Å². The van der Waals surface area contributed by atoms with Crippen molar-refractivity contribution in [1.82, 2.24) is 0 Å². The quantitative estimate of drug-likeness (QED) is 0.144. The minimum absolute atomic E-state index is 0.00635. The highest BCUT2D eigenvalue weighted by atomic mass is 35.5. The molecule has 10 rings (SSSR count). The van der Waals surface area contributed by atoms with Crippen LogP contribution in [-0.4, -0.2) is 0 Å². The molecule has 4 nitrogen and oxygen atoms in total. The number of halogens is 1. The lowest BCUT2D eigenvalue weighted by atomic mass is 9.86. The van der Waals surface area contributed by atoms with Gasteiger partial charge < -0.3 is 19.1 Å². The van der Waals surface area contributed by atoms with E-state index in [1.165, 1.54) is 42.4 Å². The number of rotatable bonds is 9. The van der Waals surface area contributed by atoms with Crippen molar-refractivity contribution in [2.24, 2.45) is 0 Å². The fraction of sp³-hybridized carbons (Fsp3) is 0.242. The molecule has 0 fully saturated rings. The molecule has 0 saturated heterocycles. The van der Waals surface area contributed by atoms with Gasteiger partial charge in [0, 0.05) is 49.3 Å². The van der Waals surface area contributed by atoms with E-state index in [9.17, 15) is 0 Å². The summed E-state index contributed by atoms with van der Waals surface area (Å²) < 4.78 is 8.67. The Morgan fingerprint density at radius 1 is 0.361 bits per heavy atom. The van der Waals surface area contributed by atoms with Crippen LogP contribution in [0.5, 0.6) is 0 Å². The van der Waals surface area contributed by atoms with Gasteiger partial charge in [-0.2, -0.15) is 0 Å². The van der Waals surface area contributed by atoms with Crippen LogP contribution in [0.15, 0.2) is 187 Å². The maximum Gasteiger partial charge on any atom is 0.136 e. The fourth-order valence-corrected chi connectivity index (χ4v) is 11.3. The van der Waals surface area contributed by atoms with E-state index in [1.54, 1.807) is 0 Å². The van der Waals surface area contributed by atoms with Gasteiger partial charge in [-0.3, -0.25) is 0 Å².